The van der Waals surface area contributed by atoms with Gasteiger partial charge in [-0.3, -0.25) is 0 Å². The number of rotatable bonds is 4. The molecular weight excluding hydrogens is 237 g/mol. The molecule has 90 valence electrons. The van der Waals surface area contributed by atoms with Crippen molar-refractivity contribution in [2.75, 3.05) is 6.54 Å². The highest BCUT2D eigenvalue weighted by molar-refractivity contribution is 6.99. The first-order valence-electron chi connectivity index (χ1n) is 5.49. The second kappa shape index (κ2) is 5.33. The number of benzene rings is 1. The quantitative estimate of drug-likeness (QED) is 0.908. The van der Waals surface area contributed by atoms with Crippen molar-refractivity contribution in [3.63, 3.8) is 0 Å². The second-order valence-corrected chi connectivity index (χ2v) is 4.38. The number of halogens is 1. The third-order valence-corrected chi connectivity index (χ3v) is 3.13. The van der Waals surface area contributed by atoms with E-state index in [0.717, 1.165) is 35.1 Å². The van der Waals surface area contributed by atoms with E-state index in [1.807, 2.05) is 13.8 Å². The number of nitrogens with one attached hydrogen (secondary N) is 1. The van der Waals surface area contributed by atoms with Crippen LogP contribution in [0.2, 0.25) is 0 Å². The van der Waals surface area contributed by atoms with Crippen molar-refractivity contribution in [2.45, 2.75) is 19.9 Å². The molecule has 1 heterocycles. The van der Waals surface area contributed by atoms with Crippen LogP contribution in [0.4, 0.5) is 4.39 Å². The molecule has 1 unspecified atom stereocenters. The van der Waals surface area contributed by atoms with Crippen LogP contribution in [0.25, 0.3) is 0 Å². The fraction of sp³-hybridized carbons (Fsp3) is 0.333. The van der Waals surface area contributed by atoms with Crippen LogP contribution in [0.3, 0.4) is 0 Å². The summed E-state index contributed by atoms with van der Waals surface area (Å²) in [6, 6.07) is 4.73. The molecule has 1 N–H and O–H groups in total. The van der Waals surface area contributed by atoms with Crippen molar-refractivity contribution < 1.29 is 4.39 Å². The van der Waals surface area contributed by atoms with Gasteiger partial charge in [-0.15, -0.1) is 0 Å². The van der Waals surface area contributed by atoms with E-state index in [0.29, 0.717) is 0 Å². The molecule has 0 amide bonds. The van der Waals surface area contributed by atoms with Gasteiger partial charge in [0.2, 0.25) is 0 Å². The van der Waals surface area contributed by atoms with Crippen molar-refractivity contribution in [2.24, 2.45) is 0 Å². The summed E-state index contributed by atoms with van der Waals surface area (Å²) in [5.41, 5.74) is 2.80. The minimum Gasteiger partial charge on any atom is -0.305 e. The summed E-state index contributed by atoms with van der Waals surface area (Å²) < 4.78 is 21.6. The maximum atomic E-state index is 13.3. The molecule has 0 aliphatic heterocycles. The third-order valence-electron chi connectivity index (χ3n) is 2.63. The number of aryl methyl sites for hydroxylation is 1. The smallest absolute Gasteiger partial charge is 0.123 e. The van der Waals surface area contributed by atoms with Crippen molar-refractivity contribution >= 4 is 11.7 Å². The summed E-state index contributed by atoms with van der Waals surface area (Å²) in [5.74, 6) is -0.225. The van der Waals surface area contributed by atoms with Gasteiger partial charge in [0.25, 0.3) is 0 Å². The molecule has 2 aromatic rings. The lowest BCUT2D eigenvalue weighted by Gasteiger charge is -2.18. The van der Waals surface area contributed by atoms with Crippen LogP contribution in [0.15, 0.2) is 24.4 Å². The summed E-state index contributed by atoms with van der Waals surface area (Å²) in [7, 11) is 0. The van der Waals surface area contributed by atoms with Gasteiger partial charge in [-0.2, -0.15) is 8.75 Å². The van der Waals surface area contributed by atoms with Crippen molar-refractivity contribution in [3.05, 3.63) is 47.0 Å². The van der Waals surface area contributed by atoms with Gasteiger partial charge in [0.15, 0.2) is 0 Å². The van der Waals surface area contributed by atoms with Gasteiger partial charge >= 0.3 is 0 Å². The molecule has 1 atom stereocenters. The molecule has 0 fully saturated rings. The monoisotopic (exact) mass is 251 g/mol. The average molecular weight is 251 g/mol. The lowest BCUT2D eigenvalue weighted by atomic mass is 9.99. The van der Waals surface area contributed by atoms with E-state index in [1.54, 1.807) is 18.3 Å². The molecule has 5 heteroatoms. The topological polar surface area (TPSA) is 37.8 Å². The van der Waals surface area contributed by atoms with E-state index >= 15 is 0 Å². The zero-order valence-corrected chi connectivity index (χ0v) is 10.6. The van der Waals surface area contributed by atoms with Crippen LogP contribution in [0.5, 0.6) is 0 Å². The second-order valence-electron chi connectivity index (χ2n) is 3.82. The zero-order chi connectivity index (χ0) is 12.3. The van der Waals surface area contributed by atoms with Crippen LogP contribution in [0, 0.1) is 12.7 Å². The van der Waals surface area contributed by atoms with Crippen molar-refractivity contribution in [3.8, 4) is 0 Å². The first-order chi connectivity index (χ1) is 8.22. The van der Waals surface area contributed by atoms with Crippen molar-refractivity contribution in [1.82, 2.24) is 14.1 Å². The maximum absolute atomic E-state index is 13.3. The van der Waals surface area contributed by atoms with Crippen LogP contribution < -0.4 is 5.32 Å². The Labute approximate surface area is 104 Å². The molecule has 0 saturated heterocycles. The molecule has 0 radical (unpaired) electrons. The molecule has 0 saturated carbocycles. The summed E-state index contributed by atoms with van der Waals surface area (Å²) >= 11 is 1.16. The fourth-order valence-corrected chi connectivity index (χ4v) is 2.25. The SMILES string of the molecule is CCNC(c1cnsn1)c1cc(F)ccc1C. The first-order valence-corrected chi connectivity index (χ1v) is 6.22. The van der Waals surface area contributed by atoms with Crippen LogP contribution in [0.1, 0.15) is 29.8 Å². The highest BCUT2D eigenvalue weighted by atomic mass is 32.1. The van der Waals surface area contributed by atoms with Gasteiger partial charge < -0.3 is 5.32 Å². The minimum atomic E-state index is -0.225. The predicted octanol–water partition coefficient (Wildman–Crippen LogP) is 2.68. The number of hydrogen-bond acceptors (Lipinski definition) is 4. The molecular formula is C12H14FN3S. The van der Waals surface area contributed by atoms with Gasteiger partial charge in [-0.25, -0.2) is 4.39 Å². The summed E-state index contributed by atoms with van der Waals surface area (Å²) in [5, 5.41) is 3.31. The lowest BCUT2D eigenvalue weighted by Crippen LogP contribution is -2.23. The molecule has 1 aromatic carbocycles. The Hall–Kier alpha value is -1.33. The maximum Gasteiger partial charge on any atom is 0.123 e. The van der Waals surface area contributed by atoms with E-state index in [-0.39, 0.29) is 11.9 Å². The Morgan fingerprint density at radius 2 is 2.29 bits per heavy atom. The van der Waals surface area contributed by atoms with Crippen molar-refractivity contribution in [1.29, 1.82) is 0 Å². The molecule has 0 aliphatic rings. The van der Waals surface area contributed by atoms with Gasteiger partial charge in [0.05, 0.1) is 29.7 Å². The Kier molecular flexibility index (Phi) is 3.81. The van der Waals surface area contributed by atoms with E-state index < -0.39 is 0 Å². The van der Waals surface area contributed by atoms with Gasteiger partial charge in [-0.05, 0) is 36.7 Å². The number of hydrogen-bond donors (Lipinski definition) is 1. The van der Waals surface area contributed by atoms with E-state index in [9.17, 15) is 4.39 Å². The highest BCUT2D eigenvalue weighted by Gasteiger charge is 2.18. The fourth-order valence-electron chi connectivity index (χ4n) is 1.80. The molecule has 0 spiro atoms. The normalized spacial score (nSPS) is 12.6. The van der Waals surface area contributed by atoms with E-state index in [1.165, 1.54) is 6.07 Å². The van der Waals surface area contributed by atoms with Crippen LogP contribution >= 0.6 is 11.7 Å². The lowest BCUT2D eigenvalue weighted by molar-refractivity contribution is 0.595. The summed E-state index contributed by atoms with van der Waals surface area (Å²) in [6.07, 6.45) is 1.72. The van der Waals surface area contributed by atoms with Gasteiger partial charge in [0.1, 0.15) is 5.82 Å². The van der Waals surface area contributed by atoms with Crippen LogP contribution in [-0.4, -0.2) is 15.3 Å². The van der Waals surface area contributed by atoms with E-state index in [2.05, 4.69) is 14.1 Å². The standard InChI is InChI=1S/C12H14FN3S/c1-3-14-12(11-7-15-17-16-11)10-6-9(13)5-4-8(10)2/h4-7,12,14H,3H2,1-2H3. The van der Waals surface area contributed by atoms with Gasteiger partial charge in [0, 0.05) is 0 Å². The Morgan fingerprint density at radius 1 is 1.47 bits per heavy atom. The van der Waals surface area contributed by atoms with Gasteiger partial charge in [-0.1, -0.05) is 13.0 Å². The molecule has 3 nitrogen and oxygen atoms in total. The Balaban J connectivity index is 2.42. The molecule has 17 heavy (non-hydrogen) atoms. The first kappa shape index (κ1) is 12.1. The van der Waals surface area contributed by atoms with E-state index in [4.69, 9.17) is 0 Å². The largest absolute Gasteiger partial charge is 0.305 e. The molecule has 0 bridgehead atoms. The third kappa shape index (κ3) is 2.68. The summed E-state index contributed by atoms with van der Waals surface area (Å²) in [4.78, 5) is 0. The number of aromatic nitrogens is 2. The highest BCUT2D eigenvalue weighted by Crippen LogP contribution is 2.24. The Bertz CT molecular complexity index is 485. The zero-order valence-electron chi connectivity index (χ0n) is 9.77. The Morgan fingerprint density at radius 3 is 2.94 bits per heavy atom. The minimum absolute atomic E-state index is 0.0885. The summed E-state index contributed by atoms with van der Waals surface area (Å²) in [6.45, 7) is 4.78. The molecule has 0 aliphatic carbocycles. The average Bonchev–Trinajstić information content (AvgIpc) is 2.83. The molecule has 2 rings (SSSR count). The molecule has 1 aromatic heterocycles. The predicted molar refractivity (Wildman–Crippen MR) is 66.6 cm³/mol. The number of nitrogens with zero attached hydrogens (tertiary/aromatic N) is 2. The van der Waals surface area contributed by atoms with Crippen LogP contribution in [-0.2, 0) is 0 Å².